The van der Waals surface area contributed by atoms with Crippen molar-refractivity contribution in [3.63, 3.8) is 0 Å². The number of rotatable bonds is 40. The van der Waals surface area contributed by atoms with Crippen molar-refractivity contribution in [1.82, 2.24) is 0 Å². The number of esters is 5. The number of hydrogen-bond acceptors (Lipinski definition) is 43. The molecule has 0 aliphatic carbocycles. The van der Waals surface area contributed by atoms with Crippen LogP contribution in [0.3, 0.4) is 0 Å². The monoisotopic (exact) mass is 1980 g/mol. The maximum absolute atomic E-state index is 14.4. The lowest BCUT2D eigenvalue weighted by Gasteiger charge is -2.50. The Kier molecular flexibility index (Phi) is 48.2. The molecule has 0 aromatic carbocycles. The van der Waals surface area contributed by atoms with Crippen LogP contribution in [-0.2, 0) is 123 Å². The first kappa shape index (κ1) is 117. The lowest BCUT2D eigenvalue weighted by molar-refractivity contribution is -0.399. The Labute approximate surface area is 801 Å². The molecule has 0 saturated carbocycles. The minimum Gasteiger partial charge on any atom is -0.463 e. The number of carbonyl (C=O) groups is 5. The lowest BCUT2D eigenvalue weighted by atomic mass is 9.95. The van der Waals surface area contributed by atoms with E-state index in [1.165, 1.54) is 69.2 Å². The van der Waals surface area contributed by atoms with Crippen molar-refractivity contribution in [3.05, 3.63) is 0 Å². The van der Waals surface area contributed by atoms with E-state index in [1.807, 2.05) is 6.92 Å². The summed E-state index contributed by atoms with van der Waals surface area (Å²) in [5, 5.41) is 194. The normalized spacial score (nSPS) is 41.9. The maximum atomic E-state index is 14.4. The number of aliphatic hydroxyl groups excluding tert-OH is 17. The number of ether oxygens (including phenoxy) is 21. The molecule has 2 bridgehead atoms. The fourth-order valence-corrected chi connectivity index (χ4v) is 18.4. The fourth-order valence-electron chi connectivity index (χ4n) is 18.4. The quantitative estimate of drug-likeness (QED) is 0.0233. The summed E-state index contributed by atoms with van der Waals surface area (Å²) in [6.07, 6.45) is -52.7. The third-order valence-corrected chi connectivity index (χ3v) is 27.7. The van der Waals surface area contributed by atoms with Crippen LogP contribution in [-0.4, -0.2) is 400 Å². The van der Waals surface area contributed by atoms with Crippen LogP contribution in [0.1, 0.15) is 270 Å². The van der Waals surface area contributed by atoms with Crippen LogP contribution in [0.5, 0.6) is 0 Å². The maximum Gasteiger partial charge on any atom is 0.311 e. The van der Waals surface area contributed by atoms with Gasteiger partial charge in [0.05, 0.1) is 79.5 Å². The molecule has 137 heavy (non-hydrogen) atoms. The summed E-state index contributed by atoms with van der Waals surface area (Å²) >= 11 is 0. The van der Waals surface area contributed by atoms with Crippen molar-refractivity contribution >= 4 is 29.8 Å². The number of hydrogen-bond donors (Lipinski definition) is 17. The number of aliphatic hydroxyl groups is 17. The Morgan fingerprint density at radius 3 is 1.37 bits per heavy atom. The molecular weight excluding hydrogens is 1820 g/mol. The molecule has 9 aliphatic rings. The van der Waals surface area contributed by atoms with Gasteiger partial charge in [0.1, 0.15) is 141 Å². The molecule has 0 amide bonds. The molecule has 5 unspecified atom stereocenters. The molecule has 0 radical (unpaired) electrons. The predicted molar refractivity (Wildman–Crippen MR) is 472 cm³/mol. The molecule has 9 saturated heterocycles. The predicted octanol–water partition coefficient (Wildman–Crippen LogP) is 1.25. The first-order valence-corrected chi connectivity index (χ1v) is 50.1. The SMILES string of the molecule is CCCCCC1CCCCCCCCCC(=O)O[C@@H]2[C@@H](O[C@@H]3O[C@H](C)[C@H](OC(=O)CCCCCCCCC[C@H](CCCCC)O[C@@H]4O[C@H](C)[C@@H](O)[C@H](O)[C@@H]4O[C@@H]4O[C@H](CO)[C@@H](O)[C@H](O)[C@H]4O[C@@H]4O[C@@H](C)[C@H](O[C@@H]5O[C@H](C)[C@@H](OC(=O)CCC)[C@H](O)[C@H]5O)[C@@H](O)[C@@H]4O)[C@H](O)[C@H]3O)[C@H](C)O[C@@H](O[C@H]3[C@H](O[C@H]4[C@H](O1)O[C@H](C)[C@@H](O)[C@@H]4O)O[C@H](COC(=O)C(C)C(C)O)[C@@H](O)[C@@H]3O)[C@@H]2OC(=O)C(C)C(C)O. The molecule has 0 aromatic heterocycles. The highest BCUT2D eigenvalue weighted by atomic mass is 16.8. The van der Waals surface area contributed by atoms with Gasteiger partial charge in [-0.2, -0.15) is 0 Å². The molecule has 46 atom stereocenters. The minimum atomic E-state index is -2.13. The van der Waals surface area contributed by atoms with Gasteiger partial charge in [-0.05, 0) is 114 Å². The number of unbranched alkanes of at least 4 members (excludes halogenated alkanes) is 10. The fraction of sp³-hybridized carbons (Fsp3) is 0.947. The van der Waals surface area contributed by atoms with Gasteiger partial charge in [0.2, 0.25) is 0 Å². The van der Waals surface area contributed by atoms with Crippen molar-refractivity contribution in [2.75, 3.05) is 13.2 Å². The minimum absolute atomic E-state index is 0.0494. The van der Waals surface area contributed by atoms with Crippen molar-refractivity contribution in [1.29, 1.82) is 0 Å². The average molecular weight is 1980 g/mol. The summed E-state index contributed by atoms with van der Waals surface area (Å²) in [7, 11) is 0. The van der Waals surface area contributed by atoms with Crippen LogP contribution in [0.4, 0.5) is 0 Å². The van der Waals surface area contributed by atoms with E-state index in [0.717, 1.165) is 89.9 Å². The van der Waals surface area contributed by atoms with Crippen molar-refractivity contribution in [2.45, 2.75) is 540 Å². The second-order valence-electron chi connectivity index (χ2n) is 38.7. The van der Waals surface area contributed by atoms with Gasteiger partial charge in [-0.3, -0.25) is 24.0 Å². The van der Waals surface area contributed by atoms with E-state index in [4.69, 9.17) is 99.5 Å². The summed E-state index contributed by atoms with van der Waals surface area (Å²) in [6, 6.07) is 0. The highest BCUT2D eigenvalue weighted by Gasteiger charge is 2.61. The summed E-state index contributed by atoms with van der Waals surface area (Å²) in [5.74, 6) is -6.50. The van der Waals surface area contributed by atoms with Crippen LogP contribution in [0.2, 0.25) is 0 Å². The average Bonchev–Trinajstić information content (AvgIpc) is 0.722. The molecule has 9 fully saturated rings. The smallest absolute Gasteiger partial charge is 0.311 e. The van der Waals surface area contributed by atoms with Gasteiger partial charge in [-0.15, -0.1) is 0 Å². The molecule has 17 N–H and O–H groups in total. The van der Waals surface area contributed by atoms with E-state index in [1.54, 1.807) is 6.92 Å². The first-order valence-electron chi connectivity index (χ1n) is 50.1. The zero-order chi connectivity index (χ0) is 101. The van der Waals surface area contributed by atoms with Gasteiger partial charge < -0.3 is 186 Å². The Balaban J connectivity index is 0.817. The second-order valence-corrected chi connectivity index (χ2v) is 38.7. The topological polar surface area (TPSA) is 623 Å². The molecule has 0 aromatic rings. The standard InChI is InChI=1S/C94H162O43/c1-14-17-29-36-54(124-90-79(65(105)61(101)48(8)118-90)135-92-81(67(107)63(103)56(42-95)126-92)134-89-74(114)71(111)77(52(12)122-89)132-87-72(112)69(109)75(50(10)120-87)128-58(98)35-16-3)38-31-25-21-19-23-27-33-40-59(99)129-76-51(11)121-88(73(113)70(76)110)133-78-53(13)123-94-84(131-86(116)45(5)47(7)97)83(78)130-60(100)41-34-28-24-20-22-26-32-39-55(37-30-18-15-2)125-91-80(66(106)62(102)49(9)119-91)136-93-82(137-94)68(108)64(104)57(127-93)43-117-85(115)44(4)46(6)96/h44-57,61-84,87-97,101-114H,14-43H2,1-13H3/t44?,45?,46?,47?,48-,49-,50-,51-,52+,53+,54+,55?,56-,57-,61-,62-,63-,64-,65+,66+,67+,68+,69-,70-,71+,72-,73-,74+,75-,76+,77+,78+,79+,80-,81-,82-,83-,84-,87+,88+,89+,90+,91+,92+,93+,94+/m1/s1. The van der Waals surface area contributed by atoms with Crippen LogP contribution in [0.15, 0.2) is 0 Å². The van der Waals surface area contributed by atoms with Crippen molar-refractivity contribution in [2.24, 2.45) is 11.8 Å². The zero-order valence-corrected chi connectivity index (χ0v) is 81.5. The Morgan fingerprint density at radius 1 is 0.358 bits per heavy atom. The number of fused-ring (bicyclic) bond motifs is 4. The Morgan fingerprint density at radius 2 is 0.788 bits per heavy atom. The van der Waals surface area contributed by atoms with Gasteiger partial charge in [-0.1, -0.05) is 136 Å². The molecular formula is C94H162O43. The van der Waals surface area contributed by atoms with Crippen LogP contribution >= 0.6 is 0 Å². The Bertz CT molecular complexity index is 3500. The molecule has 43 heteroatoms. The van der Waals surface area contributed by atoms with Crippen molar-refractivity contribution < 1.29 is 210 Å². The van der Waals surface area contributed by atoms with E-state index < -0.39 is 325 Å². The van der Waals surface area contributed by atoms with E-state index in [9.17, 15) is 111 Å². The summed E-state index contributed by atoms with van der Waals surface area (Å²) in [6.45, 7) is 18.6. The third kappa shape index (κ3) is 32.0. The van der Waals surface area contributed by atoms with Gasteiger partial charge in [0, 0.05) is 19.3 Å². The van der Waals surface area contributed by atoms with E-state index in [0.29, 0.717) is 70.6 Å². The van der Waals surface area contributed by atoms with Gasteiger partial charge >= 0.3 is 29.8 Å². The summed E-state index contributed by atoms with van der Waals surface area (Å²) in [5.41, 5.74) is 0. The van der Waals surface area contributed by atoms with Gasteiger partial charge in [0.15, 0.2) is 74.7 Å². The second kappa shape index (κ2) is 56.7. The van der Waals surface area contributed by atoms with E-state index in [-0.39, 0.29) is 19.3 Å². The van der Waals surface area contributed by atoms with Crippen LogP contribution in [0.25, 0.3) is 0 Å². The Hall–Kier alpha value is -3.97. The molecule has 43 nitrogen and oxygen atoms in total. The molecule has 796 valence electrons. The van der Waals surface area contributed by atoms with E-state index in [2.05, 4.69) is 6.92 Å². The van der Waals surface area contributed by atoms with Crippen LogP contribution in [0, 0.1) is 11.8 Å². The molecule has 9 aliphatic heterocycles. The summed E-state index contributed by atoms with van der Waals surface area (Å²) < 4.78 is 130. The van der Waals surface area contributed by atoms with Crippen LogP contribution < -0.4 is 0 Å². The van der Waals surface area contributed by atoms with E-state index >= 15 is 0 Å². The first-order chi connectivity index (χ1) is 65.1. The lowest BCUT2D eigenvalue weighted by Crippen LogP contribution is -2.68. The highest BCUT2D eigenvalue weighted by molar-refractivity contribution is 5.74. The molecule has 9 heterocycles. The third-order valence-electron chi connectivity index (χ3n) is 27.7. The summed E-state index contributed by atoms with van der Waals surface area (Å²) in [4.78, 5) is 68.0. The van der Waals surface area contributed by atoms with Gasteiger partial charge in [-0.25, -0.2) is 0 Å². The zero-order valence-electron chi connectivity index (χ0n) is 81.5. The van der Waals surface area contributed by atoms with Gasteiger partial charge in [0.25, 0.3) is 0 Å². The molecule has 0 spiro atoms. The molecule has 9 rings (SSSR count). The van der Waals surface area contributed by atoms with Crippen molar-refractivity contribution in [3.8, 4) is 0 Å². The number of carbonyl (C=O) groups excluding carboxylic acids is 5. The highest BCUT2D eigenvalue weighted by Crippen LogP contribution is 2.42. The largest absolute Gasteiger partial charge is 0.463 e.